The van der Waals surface area contributed by atoms with Gasteiger partial charge in [-0.3, -0.25) is 4.79 Å². The summed E-state index contributed by atoms with van der Waals surface area (Å²) in [4.78, 5) is 28.3. The van der Waals surface area contributed by atoms with E-state index in [1.165, 1.54) is 0 Å². The summed E-state index contributed by atoms with van der Waals surface area (Å²) in [6, 6.07) is 3.67. The molecule has 4 rings (SSSR count). The van der Waals surface area contributed by atoms with Crippen molar-refractivity contribution in [1.82, 2.24) is 10.3 Å². The van der Waals surface area contributed by atoms with Crippen LogP contribution in [0, 0.1) is 5.41 Å². The number of amidine groups is 1. The highest BCUT2D eigenvalue weighted by atomic mass is 79.9. The third-order valence-corrected chi connectivity index (χ3v) is 6.99. The number of amides is 2. The Labute approximate surface area is 191 Å². The van der Waals surface area contributed by atoms with E-state index in [4.69, 9.17) is 9.47 Å². The molecule has 8 nitrogen and oxygen atoms in total. The highest BCUT2D eigenvalue weighted by Crippen LogP contribution is 2.48. The van der Waals surface area contributed by atoms with Crippen molar-refractivity contribution in [3.8, 4) is 5.75 Å². The van der Waals surface area contributed by atoms with Crippen LogP contribution in [-0.4, -0.2) is 54.1 Å². The van der Waals surface area contributed by atoms with Crippen LogP contribution in [0.1, 0.15) is 53.0 Å². The molecule has 0 aromatic heterocycles. The number of rotatable bonds is 2. The first kappa shape index (κ1) is 21.9. The van der Waals surface area contributed by atoms with E-state index in [0.717, 1.165) is 21.5 Å². The smallest absolute Gasteiger partial charge is 0.410 e. The third-order valence-electron chi connectivity index (χ3n) is 6.30. The first-order valence-corrected chi connectivity index (χ1v) is 11.3. The van der Waals surface area contributed by atoms with Crippen molar-refractivity contribution in [2.45, 2.75) is 59.1 Å². The van der Waals surface area contributed by atoms with Crippen molar-refractivity contribution >= 4 is 39.5 Å². The molecule has 0 aliphatic carbocycles. The van der Waals surface area contributed by atoms with E-state index in [9.17, 15) is 9.59 Å². The number of hydrazone groups is 1. The highest BCUT2D eigenvalue weighted by molar-refractivity contribution is 9.10. The molecule has 0 saturated carbocycles. The van der Waals surface area contributed by atoms with Gasteiger partial charge in [0.1, 0.15) is 24.0 Å². The zero-order chi connectivity index (χ0) is 22.7. The molecule has 3 aliphatic rings. The fraction of sp³-hybridized carbons (Fsp3) is 0.591. The number of hydrogen-bond acceptors (Lipinski definition) is 6. The van der Waals surface area contributed by atoms with Crippen molar-refractivity contribution in [3.05, 3.63) is 22.2 Å². The van der Waals surface area contributed by atoms with Crippen LogP contribution < -0.4 is 15.1 Å². The lowest BCUT2D eigenvalue weighted by Crippen LogP contribution is -2.59. The monoisotopic (exact) mass is 492 g/mol. The molecule has 1 saturated heterocycles. The van der Waals surface area contributed by atoms with Gasteiger partial charge >= 0.3 is 6.09 Å². The van der Waals surface area contributed by atoms with E-state index < -0.39 is 5.60 Å². The van der Waals surface area contributed by atoms with E-state index in [1.807, 2.05) is 38.7 Å². The molecule has 3 heterocycles. The SMILES string of the molecule is C[C@@H]1C(=O)NN=C2COc3cc(Br)c([C@H](C)C4(C)CN(C(=O)OC(C)(C)C)C4)cc3N21. The number of nitrogens with zero attached hydrogens (tertiary/aromatic N) is 3. The van der Waals surface area contributed by atoms with Gasteiger partial charge in [-0.2, -0.15) is 5.10 Å². The first-order valence-electron chi connectivity index (χ1n) is 10.5. The summed E-state index contributed by atoms with van der Waals surface area (Å²) in [5, 5.41) is 4.16. The van der Waals surface area contributed by atoms with Gasteiger partial charge in [0.15, 0.2) is 5.84 Å². The second kappa shape index (κ2) is 7.39. The standard InChI is InChI=1S/C22H29BrN4O4/c1-12(22(6)10-26(11-22)20(29)31-21(3,4)5)14-7-16-17(8-15(14)23)30-9-18-24-25-19(28)13(2)27(16)18/h7-8,12-13H,9-11H2,1-6H3,(H,25,28)/t12-,13+/m0/s1. The maximum atomic E-state index is 12.4. The van der Waals surface area contributed by atoms with Gasteiger partial charge in [-0.25, -0.2) is 10.2 Å². The van der Waals surface area contributed by atoms with Crippen molar-refractivity contribution in [2.75, 3.05) is 24.6 Å². The van der Waals surface area contributed by atoms with Gasteiger partial charge in [0.05, 0.1) is 5.69 Å². The normalized spacial score (nSPS) is 22.9. The summed E-state index contributed by atoms with van der Waals surface area (Å²) in [7, 11) is 0. The lowest BCUT2D eigenvalue weighted by atomic mass is 9.69. The lowest BCUT2D eigenvalue weighted by Gasteiger charge is -2.51. The summed E-state index contributed by atoms with van der Waals surface area (Å²) >= 11 is 3.71. The summed E-state index contributed by atoms with van der Waals surface area (Å²) in [6.07, 6.45) is -0.274. The molecule has 0 bridgehead atoms. The fourth-order valence-corrected chi connectivity index (χ4v) is 4.99. The zero-order valence-corrected chi connectivity index (χ0v) is 20.4. The molecular weight excluding hydrogens is 464 g/mol. The van der Waals surface area contributed by atoms with Crippen LogP contribution >= 0.6 is 15.9 Å². The lowest BCUT2D eigenvalue weighted by molar-refractivity contribution is -0.122. The van der Waals surface area contributed by atoms with Gasteiger partial charge in [0.25, 0.3) is 5.91 Å². The molecule has 3 aliphatic heterocycles. The second-order valence-corrected chi connectivity index (χ2v) is 10.7. The Bertz CT molecular complexity index is 965. The maximum Gasteiger partial charge on any atom is 0.410 e. The van der Waals surface area contributed by atoms with Crippen LogP contribution in [0.25, 0.3) is 0 Å². The molecule has 1 N–H and O–H groups in total. The largest absolute Gasteiger partial charge is 0.483 e. The van der Waals surface area contributed by atoms with Gasteiger partial charge < -0.3 is 19.3 Å². The van der Waals surface area contributed by atoms with Gasteiger partial charge in [-0.1, -0.05) is 29.8 Å². The molecule has 1 fully saturated rings. The Hall–Kier alpha value is -2.29. The minimum atomic E-state index is -0.507. The molecule has 1 aromatic carbocycles. The number of fused-ring (bicyclic) bond motifs is 3. The molecule has 0 radical (unpaired) electrons. The van der Waals surface area contributed by atoms with E-state index in [2.05, 4.69) is 46.4 Å². The minimum absolute atomic E-state index is 0.0923. The van der Waals surface area contributed by atoms with Gasteiger partial charge in [0, 0.05) is 23.0 Å². The Morgan fingerprint density at radius 2 is 2.06 bits per heavy atom. The maximum absolute atomic E-state index is 12.4. The average molecular weight is 493 g/mol. The van der Waals surface area contributed by atoms with E-state index in [-0.39, 0.29) is 29.4 Å². The molecule has 9 heteroatoms. The van der Waals surface area contributed by atoms with Crippen LogP contribution in [0.2, 0.25) is 0 Å². The summed E-state index contributed by atoms with van der Waals surface area (Å²) in [5.41, 5.74) is 3.90. The Kier molecular flexibility index (Phi) is 5.23. The van der Waals surface area contributed by atoms with Crippen LogP contribution in [0.15, 0.2) is 21.7 Å². The predicted octanol–water partition coefficient (Wildman–Crippen LogP) is 3.84. The molecule has 0 spiro atoms. The van der Waals surface area contributed by atoms with E-state index in [1.54, 1.807) is 4.90 Å². The van der Waals surface area contributed by atoms with Crippen LogP contribution in [0.3, 0.4) is 0 Å². The van der Waals surface area contributed by atoms with E-state index >= 15 is 0 Å². The first-order chi connectivity index (χ1) is 14.4. The predicted molar refractivity (Wildman–Crippen MR) is 121 cm³/mol. The van der Waals surface area contributed by atoms with Gasteiger partial charge in [-0.15, -0.1) is 0 Å². The number of carbonyl (C=O) groups is 2. The molecule has 31 heavy (non-hydrogen) atoms. The van der Waals surface area contributed by atoms with Crippen molar-refractivity contribution < 1.29 is 19.1 Å². The molecule has 2 atom stereocenters. The Morgan fingerprint density at radius 3 is 2.71 bits per heavy atom. The summed E-state index contributed by atoms with van der Waals surface area (Å²) in [5.74, 6) is 1.42. The summed E-state index contributed by atoms with van der Waals surface area (Å²) in [6.45, 7) is 13.4. The van der Waals surface area contributed by atoms with Crippen molar-refractivity contribution in [3.63, 3.8) is 0 Å². The van der Waals surface area contributed by atoms with Gasteiger partial charge in [-0.05, 0) is 51.3 Å². The van der Waals surface area contributed by atoms with Crippen LogP contribution in [0.5, 0.6) is 5.75 Å². The van der Waals surface area contributed by atoms with Gasteiger partial charge in [0.2, 0.25) is 0 Å². The van der Waals surface area contributed by atoms with Crippen molar-refractivity contribution in [2.24, 2.45) is 10.5 Å². The minimum Gasteiger partial charge on any atom is -0.483 e. The Morgan fingerprint density at radius 1 is 1.39 bits per heavy atom. The molecule has 1 aromatic rings. The molecular formula is C22H29BrN4O4. The topological polar surface area (TPSA) is 83.5 Å². The van der Waals surface area contributed by atoms with Crippen LogP contribution in [-0.2, 0) is 9.53 Å². The average Bonchev–Trinajstić information content (AvgIpc) is 2.65. The molecule has 2 amide bonds. The number of benzene rings is 1. The summed E-state index contributed by atoms with van der Waals surface area (Å²) < 4.78 is 12.3. The number of carbonyl (C=O) groups excluding carboxylic acids is 2. The molecule has 0 unspecified atom stereocenters. The number of ether oxygens (including phenoxy) is 2. The van der Waals surface area contributed by atoms with Crippen LogP contribution in [0.4, 0.5) is 10.5 Å². The number of hydrogen-bond donors (Lipinski definition) is 1. The number of nitrogens with one attached hydrogen (secondary N) is 1. The Balaban J connectivity index is 1.59. The second-order valence-electron chi connectivity index (χ2n) is 9.89. The zero-order valence-electron chi connectivity index (χ0n) is 18.8. The van der Waals surface area contributed by atoms with E-state index in [0.29, 0.717) is 25.5 Å². The number of halogens is 1. The quantitative estimate of drug-likeness (QED) is 0.677. The third kappa shape index (κ3) is 3.88. The van der Waals surface area contributed by atoms with Crippen molar-refractivity contribution in [1.29, 1.82) is 0 Å². The number of anilines is 1. The fourth-order valence-electron chi connectivity index (χ4n) is 4.33. The number of likely N-dealkylation sites (tertiary alicyclic amines) is 1. The highest BCUT2D eigenvalue weighted by Gasteiger charge is 2.47. The molecule has 168 valence electrons.